The van der Waals surface area contributed by atoms with Gasteiger partial charge in [0.25, 0.3) is 0 Å². The molecule has 1 fully saturated rings. The number of nitrogens with one attached hydrogen (secondary N) is 1. The fraction of sp³-hybridized carbons (Fsp3) is 0.545. The van der Waals surface area contributed by atoms with Crippen LogP contribution in [0.25, 0.3) is 0 Å². The zero-order valence-corrected chi connectivity index (χ0v) is 8.94. The molecule has 1 unspecified atom stereocenters. The molecule has 2 aliphatic rings. The highest BCUT2D eigenvalue weighted by atomic mass is 32.2. The van der Waals surface area contributed by atoms with Gasteiger partial charge in [0.15, 0.2) is 0 Å². The summed E-state index contributed by atoms with van der Waals surface area (Å²) < 4.78 is 0. The van der Waals surface area contributed by atoms with E-state index in [2.05, 4.69) is 22.6 Å². The number of thioether (sulfide) groups is 1. The van der Waals surface area contributed by atoms with Gasteiger partial charge in [0.1, 0.15) is 0 Å². The summed E-state index contributed by atoms with van der Waals surface area (Å²) in [7, 11) is 0. The van der Waals surface area contributed by atoms with Crippen LogP contribution >= 0.6 is 11.8 Å². The zero-order chi connectivity index (χ0) is 9.38. The molecule has 0 spiro atoms. The van der Waals surface area contributed by atoms with Crippen LogP contribution in [0.4, 0.5) is 0 Å². The lowest BCUT2D eigenvalue weighted by atomic mass is 10.0. The van der Waals surface area contributed by atoms with Gasteiger partial charge < -0.3 is 5.32 Å². The van der Waals surface area contributed by atoms with E-state index in [0.29, 0.717) is 6.04 Å². The third-order valence-electron chi connectivity index (χ3n) is 3.04. The first-order valence-electron chi connectivity index (χ1n) is 5.22. The molecule has 0 radical (unpaired) electrons. The van der Waals surface area contributed by atoms with Gasteiger partial charge >= 0.3 is 0 Å². The molecule has 0 aromatic carbocycles. The highest BCUT2D eigenvalue weighted by Crippen LogP contribution is 2.31. The van der Waals surface area contributed by atoms with Gasteiger partial charge in [0, 0.05) is 23.7 Å². The topological polar surface area (TPSA) is 24.9 Å². The number of hydrogen-bond acceptors (Lipinski definition) is 3. The average Bonchev–Trinajstić information content (AvgIpc) is 2.88. The summed E-state index contributed by atoms with van der Waals surface area (Å²) in [6.45, 7) is 1.16. The predicted octanol–water partition coefficient (Wildman–Crippen LogP) is 2.25. The van der Waals surface area contributed by atoms with Crippen LogP contribution in [0.2, 0.25) is 0 Å². The second-order valence-corrected chi connectivity index (χ2v) is 5.00. The van der Waals surface area contributed by atoms with Crippen molar-refractivity contribution in [2.75, 3.05) is 6.54 Å². The van der Waals surface area contributed by atoms with Crippen molar-refractivity contribution in [2.24, 2.45) is 0 Å². The molecular weight excluding hydrogens is 192 g/mol. The van der Waals surface area contributed by atoms with Crippen molar-refractivity contribution in [2.45, 2.75) is 30.4 Å². The van der Waals surface area contributed by atoms with Crippen molar-refractivity contribution >= 4 is 11.8 Å². The van der Waals surface area contributed by atoms with E-state index >= 15 is 0 Å². The Bertz CT molecular complexity index is 345. The maximum Gasteiger partial charge on any atom is 0.0543 e. The van der Waals surface area contributed by atoms with Gasteiger partial charge in [0.2, 0.25) is 0 Å². The van der Waals surface area contributed by atoms with E-state index in [1.54, 1.807) is 0 Å². The summed E-state index contributed by atoms with van der Waals surface area (Å²) in [5, 5.41) is 3.52. The van der Waals surface area contributed by atoms with Crippen LogP contribution in [0.3, 0.4) is 0 Å². The minimum Gasteiger partial charge on any atom is -0.310 e. The molecule has 14 heavy (non-hydrogen) atoms. The summed E-state index contributed by atoms with van der Waals surface area (Å²) in [4.78, 5) is 4.54. The molecule has 3 heteroatoms. The van der Waals surface area contributed by atoms with Crippen molar-refractivity contribution in [3.05, 3.63) is 29.1 Å². The van der Waals surface area contributed by atoms with Crippen LogP contribution in [0.1, 0.15) is 35.7 Å². The summed E-state index contributed by atoms with van der Waals surface area (Å²) >= 11 is 1.97. The van der Waals surface area contributed by atoms with Gasteiger partial charge in [-0.1, -0.05) is 6.07 Å². The molecule has 1 N–H and O–H groups in total. The van der Waals surface area contributed by atoms with E-state index in [-0.39, 0.29) is 0 Å². The maximum absolute atomic E-state index is 4.54. The maximum atomic E-state index is 4.54. The lowest BCUT2D eigenvalue weighted by molar-refractivity contribution is 0.643. The number of hydrogen-bond donors (Lipinski definition) is 1. The Morgan fingerprint density at radius 2 is 2.43 bits per heavy atom. The quantitative estimate of drug-likeness (QED) is 0.763. The summed E-state index contributed by atoms with van der Waals surface area (Å²) in [5.74, 6) is 2.26. The number of aromatic nitrogens is 1. The molecule has 0 amide bonds. The number of pyridine rings is 1. The normalized spacial score (nSPS) is 25.3. The fourth-order valence-corrected chi connectivity index (χ4v) is 3.25. The number of fused-ring (bicyclic) bond motifs is 1. The average molecular weight is 206 g/mol. The second-order valence-electron chi connectivity index (χ2n) is 4.02. The van der Waals surface area contributed by atoms with Crippen LogP contribution in [0.15, 0.2) is 12.3 Å². The highest BCUT2D eigenvalue weighted by Gasteiger charge is 2.19. The molecule has 0 bridgehead atoms. The van der Waals surface area contributed by atoms with E-state index in [9.17, 15) is 0 Å². The van der Waals surface area contributed by atoms with Gasteiger partial charge in [-0.05, 0) is 30.5 Å². The lowest BCUT2D eigenvalue weighted by Gasteiger charge is -2.11. The van der Waals surface area contributed by atoms with E-state index in [4.69, 9.17) is 0 Å². The predicted molar refractivity (Wildman–Crippen MR) is 59.2 cm³/mol. The van der Waals surface area contributed by atoms with E-state index in [1.165, 1.54) is 29.7 Å². The molecule has 74 valence electrons. The van der Waals surface area contributed by atoms with Gasteiger partial charge in [-0.15, -0.1) is 0 Å². The standard InChI is InChI=1S/C11H14N2S/c1-2-10(12-3-1)8-4-9-6-14-7-11(9)13-5-8/h4-5,10,12H,1-3,6-7H2. The molecule has 1 saturated heterocycles. The zero-order valence-electron chi connectivity index (χ0n) is 8.12. The Morgan fingerprint density at radius 3 is 3.29 bits per heavy atom. The molecule has 0 saturated carbocycles. The largest absolute Gasteiger partial charge is 0.310 e. The Labute approximate surface area is 88.5 Å². The number of rotatable bonds is 1. The Morgan fingerprint density at radius 1 is 1.43 bits per heavy atom. The first kappa shape index (κ1) is 8.74. The minimum absolute atomic E-state index is 0.568. The van der Waals surface area contributed by atoms with Gasteiger partial charge in [-0.2, -0.15) is 11.8 Å². The van der Waals surface area contributed by atoms with Crippen molar-refractivity contribution < 1.29 is 0 Å². The van der Waals surface area contributed by atoms with Crippen LogP contribution in [-0.4, -0.2) is 11.5 Å². The van der Waals surface area contributed by atoms with Gasteiger partial charge in [-0.25, -0.2) is 0 Å². The fourth-order valence-electron chi connectivity index (χ4n) is 2.23. The molecule has 0 aliphatic carbocycles. The summed E-state index contributed by atoms with van der Waals surface area (Å²) in [5.41, 5.74) is 4.15. The first-order valence-corrected chi connectivity index (χ1v) is 6.38. The third kappa shape index (κ3) is 1.44. The Kier molecular flexibility index (Phi) is 2.22. The second kappa shape index (κ2) is 3.55. The molecule has 3 rings (SSSR count). The van der Waals surface area contributed by atoms with Crippen LogP contribution in [0, 0.1) is 0 Å². The number of nitrogens with zero attached hydrogens (tertiary/aromatic N) is 1. The Balaban J connectivity index is 1.91. The monoisotopic (exact) mass is 206 g/mol. The molecule has 3 heterocycles. The molecule has 1 aromatic rings. The SMILES string of the molecule is c1nc2c(cc1C1CCCN1)CSC2. The van der Waals surface area contributed by atoms with E-state index < -0.39 is 0 Å². The van der Waals surface area contributed by atoms with Crippen molar-refractivity contribution in [3.63, 3.8) is 0 Å². The van der Waals surface area contributed by atoms with Crippen LogP contribution in [-0.2, 0) is 11.5 Å². The third-order valence-corrected chi connectivity index (χ3v) is 4.03. The molecule has 2 aliphatic heterocycles. The summed E-state index contributed by atoms with van der Waals surface area (Å²) in [6, 6.07) is 2.92. The van der Waals surface area contributed by atoms with Gasteiger partial charge in [0.05, 0.1) is 5.69 Å². The van der Waals surface area contributed by atoms with E-state index in [0.717, 1.165) is 18.1 Å². The smallest absolute Gasteiger partial charge is 0.0543 e. The van der Waals surface area contributed by atoms with Crippen LogP contribution in [0.5, 0.6) is 0 Å². The highest BCUT2D eigenvalue weighted by molar-refractivity contribution is 7.98. The van der Waals surface area contributed by atoms with Gasteiger partial charge in [-0.3, -0.25) is 4.98 Å². The molecule has 2 nitrogen and oxygen atoms in total. The summed E-state index contributed by atoms with van der Waals surface area (Å²) in [6.07, 6.45) is 4.64. The molecular formula is C11H14N2S. The lowest BCUT2D eigenvalue weighted by Crippen LogP contribution is -2.13. The molecule has 1 atom stereocenters. The van der Waals surface area contributed by atoms with Crippen LogP contribution < -0.4 is 5.32 Å². The molecule has 1 aromatic heterocycles. The minimum atomic E-state index is 0.568. The van der Waals surface area contributed by atoms with Crippen molar-refractivity contribution in [1.82, 2.24) is 10.3 Å². The first-order chi connectivity index (χ1) is 6.93. The van der Waals surface area contributed by atoms with E-state index in [1.807, 2.05) is 11.8 Å². The van der Waals surface area contributed by atoms with Crippen molar-refractivity contribution in [3.8, 4) is 0 Å². The van der Waals surface area contributed by atoms with Crippen molar-refractivity contribution in [1.29, 1.82) is 0 Å². The Hall–Kier alpha value is -0.540.